The molecule has 2 saturated heterocycles. The van der Waals surface area contributed by atoms with E-state index in [1.165, 1.54) is 12.8 Å². The highest BCUT2D eigenvalue weighted by atomic mass is 35.5. The largest absolute Gasteiger partial charge is 0.375 e. The minimum absolute atomic E-state index is 0.0340. The van der Waals surface area contributed by atoms with E-state index < -0.39 is 0 Å². The van der Waals surface area contributed by atoms with Crippen LogP contribution in [-0.2, 0) is 9.53 Å². The van der Waals surface area contributed by atoms with Crippen LogP contribution in [0, 0.1) is 5.92 Å². The Labute approximate surface area is 143 Å². The van der Waals surface area contributed by atoms with Gasteiger partial charge in [-0.1, -0.05) is 23.7 Å². The minimum Gasteiger partial charge on any atom is -0.375 e. The van der Waals surface area contributed by atoms with Gasteiger partial charge in [0, 0.05) is 24.2 Å². The Balaban J connectivity index is 1.80. The highest BCUT2D eigenvalue weighted by Gasteiger charge is 2.41. The maximum absolute atomic E-state index is 12.1. The average Bonchev–Trinajstić information content (AvgIpc) is 2.75. The van der Waals surface area contributed by atoms with Gasteiger partial charge in [0.2, 0.25) is 5.91 Å². The van der Waals surface area contributed by atoms with Gasteiger partial charge in [0.15, 0.2) is 0 Å². The lowest BCUT2D eigenvalue weighted by Crippen LogP contribution is -2.45. The number of ether oxygens (including phenoxy) is 1. The first-order valence-corrected chi connectivity index (χ1v) is 8.72. The zero-order valence-electron chi connectivity index (χ0n) is 13.8. The number of benzene rings is 1. The molecule has 5 heteroatoms. The van der Waals surface area contributed by atoms with Gasteiger partial charge in [-0.05, 0) is 56.3 Å². The number of carbonyl (C=O) groups excluding carboxylic acids is 1. The Morgan fingerprint density at radius 1 is 1.30 bits per heavy atom. The molecule has 2 bridgehead atoms. The van der Waals surface area contributed by atoms with E-state index >= 15 is 0 Å². The zero-order chi connectivity index (χ0) is 16.4. The molecular weight excluding hydrogens is 312 g/mol. The fraction of sp³-hybridized carbons (Fsp3) is 0.611. The van der Waals surface area contributed by atoms with Crippen LogP contribution in [0.2, 0.25) is 5.02 Å². The lowest BCUT2D eigenvalue weighted by molar-refractivity contribution is -0.126. The molecule has 2 aliphatic heterocycles. The third kappa shape index (κ3) is 3.70. The number of piperidine rings is 1. The number of fused-ring (bicyclic) bond motifs is 2. The highest BCUT2D eigenvalue weighted by molar-refractivity contribution is 6.30. The number of carbonyl (C=O) groups is 1. The van der Waals surface area contributed by atoms with Crippen molar-refractivity contribution in [3.63, 3.8) is 0 Å². The Kier molecular flexibility index (Phi) is 5.24. The van der Waals surface area contributed by atoms with E-state index in [1.807, 2.05) is 24.3 Å². The van der Waals surface area contributed by atoms with Crippen LogP contribution in [0.25, 0.3) is 0 Å². The van der Waals surface area contributed by atoms with E-state index in [9.17, 15) is 4.79 Å². The second-order valence-corrected chi connectivity index (χ2v) is 7.25. The summed E-state index contributed by atoms with van der Waals surface area (Å²) in [6.07, 6.45) is 4.81. The molecular formula is C18H25ClN2O2. The molecule has 1 N–H and O–H groups in total. The summed E-state index contributed by atoms with van der Waals surface area (Å²) < 4.78 is 4.98. The van der Waals surface area contributed by atoms with Crippen molar-refractivity contribution in [2.75, 3.05) is 20.8 Å². The van der Waals surface area contributed by atoms with Crippen LogP contribution in [0.1, 0.15) is 37.3 Å². The topological polar surface area (TPSA) is 41.6 Å². The number of hydrogen-bond donors (Lipinski definition) is 1. The lowest BCUT2D eigenvalue weighted by atomic mass is 9.82. The monoisotopic (exact) mass is 336 g/mol. The Hall–Kier alpha value is -1.10. The maximum Gasteiger partial charge on any atom is 0.246 e. The number of amides is 1. The minimum atomic E-state index is -0.0567. The summed E-state index contributed by atoms with van der Waals surface area (Å²) in [5, 5.41) is 3.90. The van der Waals surface area contributed by atoms with Crippen molar-refractivity contribution in [1.82, 2.24) is 10.2 Å². The first kappa shape index (κ1) is 16.7. The molecule has 1 aromatic carbocycles. The molecule has 1 unspecified atom stereocenters. The van der Waals surface area contributed by atoms with Crippen LogP contribution in [0.15, 0.2) is 24.3 Å². The van der Waals surface area contributed by atoms with Gasteiger partial charge in [-0.3, -0.25) is 4.79 Å². The van der Waals surface area contributed by atoms with Gasteiger partial charge in [-0.2, -0.15) is 0 Å². The SMILES string of the molecule is COCC(=O)N[C@H](c1ccc(Cl)cc1)C1C[C@H]2CC[C@@H](C1)N2C. The number of hydrogen-bond acceptors (Lipinski definition) is 3. The second kappa shape index (κ2) is 7.20. The van der Waals surface area contributed by atoms with Crippen molar-refractivity contribution in [2.24, 2.45) is 5.92 Å². The third-order valence-corrected chi connectivity index (χ3v) is 5.68. The van der Waals surface area contributed by atoms with Gasteiger partial charge < -0.3 is 15.0 Å². The number of nitrogens with zero attached hydrogens (tertiary/aromatic N) is 1. The fourth-order valence-electron chi connectivity index (χ4n) is 4.22. The van der Waals surface area contributed by atoms with E-state index in [0.717, 1.165) is 23.4 Å². The molecule has 1 aromatic rings. The van der Waals surface area contributed by atoms with Crippen molar-refractivity contribution in [1.29, 1.82) is 0 Å². The van der Waals surface area contributed by atoms with Gasteiger partial charge in [0.05, 0.1) is 6.04 Å². The summed E-state index contributed by atoms with van der Waals surface area (Å²) in [6.45, 7) is 0.101. The van der Waals surface area contributed by atoms with Gasteiger partial charge >= 0.3 is 0 Å². The van der Waals surface area contributed by atoms with Crippen molar-refractivity contribution in [3.05, 3.63) is 34.9 Å². The molecule has 2 fully saturated rings. The molecule has 3 rings (SSSR count). The number of halogens is 1. The number of methoxy groups -OCH3 is 1. The maximum atomic E-state index is 12.1. The summed E-state index contributed by atoms with van der Waals surface area (Å²) in [6, 6.07) is 9.18. The van der Waals surface area contributed by atoms with Crippen molar-refractivity contribution in [2.45, 2.75) is 43.8 Å². The quantitative estimate of drug-likeness (QED) is 0.898. The van der Waals surface area contributed by atoms with Crippen LogP contribution in [-0.4, -0.2) is 43.7 Å². The summed E-state index contributed by atoms with van der Waals surface area (Å²) in [4.78, 5) is 14.6. The Morgan fingerprint density at radius 3 is 2.48 bits per heavy atom. The highest BCUT2D eigenvalue weighted by Crippen LogP contribution is 2.42. The predicted octanol–water partition coefficient (Wildman–Crippen LogP) is 3.02. The summed E-state index contributed by atoms with van der Waals surface area (Å²) >= 11 is 6.02. The molecule has 4 atom stereocenters. The van der Waals surface area contributed by atoms with E-state index in [1.54, 1.807) is 7.11 Å². The van der Waals surface area contributed by atoms with E-state index in [2.05, 4.69) is 17.3 Å². The van der Waals surface area contributed by atoms with Gasteiger partial charge in [-0.25, -0.2) is 0 Å². The second-order valence-electron chi connectivity index (χ2n) is 6.81. The summed E-state index contributed by atoms with van der Waals surface area (Å²) in [5.41, 5.74) is 1.13. The van der Waals surface area contributed by atoms with Crippen LogP contribution >= 0.6 is 11.6 Å². The molecule has 4 nitrogen and oxygen atoms in total. The van der Waals surface area contributed by atoms with Gasteiger partial charge in [0.1, 0.15) is 6.61 Å². The standard InChI is InChI=1S/C18H25ClN2O2/c1-21-15-7-8-16(21)10-13(9-15)18(20-17(22)11-23-2)12-3-5-14(19)6-4-12/h3-6,13,15-16,18H,7-11H2,1-2H3,(H,20,22)/t13?,15-,16+,18-/m1/s1. The Morgan fingerprint density at radius 2 is 1.91 bits per heavy atom. The van der Waals surface area contributed by atoms with Crippen LogP contribution < -0.4 is 5.32 Å². The van der Waals surface area contributed by atoms with E-state index in [-0.39, 0.29) is 18.6 Å². The molecule has 2 heterocycles. The van der Waals surface area contributed by atoms with E-state index in [0.29, 0.717) is 18.0 Å². The molecule has 23 heavy (non-hydrogen) atoms. The van der Waals surface area contributed by atoms with Crippen LogP contribution in [0.4, 0.5) is 0 Å². The first-order chi connectivity index (χ1) is 11.1. The van der Waals surface area contributed by atoms with Crippen LogP contribution in [0.3, 0.4) is 0 Å². The van der Waals surface area contributed by atoms with Gasteiger partial charge in [0.25, 0.3) is 0 Å². The van der Waals surface area contributed by atoms with Gasteiger partial charge in [-0.15, -0.1) is 0 Å². The summed E-state index contributed by atoms with van der Waals surface area (Å²) in [5.74, 6) is 0.407. The van der Waals surface area contributed by atoms with Crippen LogP contribution in [0.5, 0.6) is 0 Å². The number of nitrogens with one attached hydrogen (secondary N) is 1. The average molecular weight is 337 g/mol. The smallest absolute Gasteiger partial charge is 0.246 e. The fourth-order valence-corrected chi connectivity index (χ4v) is 4.34. The lowest BCUT2D eigenvalue weighted by Gasteiger charge is -2.40. The van der Waals surface area contributed by atoms with E-state index in [4.69, 9.17) is 16.3 Å². The molecule has 0 aliphatic carbocycles. The van der Waals surface area contributed by atoms with Crippen molar-refractivity contribution < 1.29 is 9.53 Å². The Bertz CT molecular complexity index is 534. The summed E-state index contributed by atoms with van der Waals surface area (Å²) in [7, 11) is 3.78. The molecule has 0 radical (unpaired) electrons. The predicted molar refractivity (Wildman–Crippen MR) is 91.5 cm³/mol. The van der Waals surface area contributed by atoms with Crippen molar-refractivity contribution in [3.8, 4) is 0 Å². The molecule has 1 amide bonds. The van der Waals surface area contributed by atoms with Crippen molar-refractivity contribution >= 4 is 17.5 Å². The molecule has 0 aromatic heterocycles. The molecule has 0 spiro atoms. The molecule has 2 aliphatic rings. The third-order valence-electron chi connectivity index (χ3n) is 5.43. The zero-order valence-corrected chi connectivity index (χ0v) is 14.6. The number of rotatable bonds is 5. The molecule has 0 saturated carbocycles. The first-order valence-electron chi connectivity index (χ1n) is 8.34. The normalized spacial score (nSPS) is 28.6. The molecule has 126 valence electrons.